The van der Waals surface area contributed by atoms with Gasteiger partial charge in [-0.15, -0.1) is 0 Å². The molecule has 0 unspecified atom stereocenters. The number of benzene rings is 2. The number of ether oxygens (including phenoxy) is 2. The van der Waals surface area contributed by atoms with Crippen molar-refractivity contribution in [2.45, 2.75) is 24.8 Å². The Hall–Kier alpha value is -2.49. The average Bonchev–Trinajstić information content (AvgIpc) is 2.63. The summed E-state index contributed by atoms with van der Waals surface area (Å²) in [6.07, 6.45) is 0. The molecular weight excluding hydrogens is 387 g/mol. The van der Waals surface area contributed by atoms with Crippen LogP contribution in [0, 0.1) is 5.82 Å². The summed E-state index contributed by atoms with van der Waals surface area (Å²) in [7, 11) is -2.39. The summed E-state index contributed by atoms with van der Waals surface area (Å²) < 4.78 is 51.9. The number of hydrogen-bond donors (Lipinski definition) is 2. The van der Waals surface area contributed by atoms with Crippen LogP contribution in [0.2, 0.25) is 0 Å². The number of hydrogen-bond acceptors (Lipinski definition) is 5. The molecule has 0 aromatic heterocycles. The molecule has 2 aromatic rings. The van der Waals surface area contributed by atoms with Crippen LogP contribution in [-0.4, -0.2) is 40.7 Å². The number of sulfonamides is 1. The second-order valence-corrected chi connectivity index (χ2v) is 7.72. The minimum atomic E-state index is -3.86. The monoisotopic (exact) mass is 410 g/mol. The Bertz CT molecular complexity index is 934. The van der Waals surface area contributed by atoms with E-state index in [9.17, 15) is 17.6 Å². The van der Waals surface area contributed by atoms with E-state index in [4.69, 9.17) is 9.47 Å². The van der Waals surface area contributed by atoms with E-state index in [1.165, 1.54) is 49.6 Å². The lowest BCUT2D eigenvalue weighted by Gasteiger charge is -2.16. The molecule has 2 rings (SSSR count). The average molecular weight is 410 g/mol. The van der Waals surface area contributed by atoms with Gasteiger partial charge < -0.3 is 14.8 Å². The highest BCUT2D eigenvalue weighted by atomic mass is 32.2. The Morgan fingerprint density at radius 3 is 2.57 bits per heavy atom. The van der Waals surface area contributed by atoms with Gasteiger partial charge in [0.25, 0.3) is 5.91 Å². The van der Waals surface area contributed by atoms with Crippen molar-refractivity contribution in [1.82, 2.24) is 4.72 Å². The van der Waals surface area contributed by atoms with Crippen LogP contribution in [0.4, 0.5) is 10.1 Å². The van der Waals surface area contributed by atoms with Gasteiger partial charge in [-0.1, -0.05) is 12.1 Å². The highest BCUT2D eigenvalue weighted by Crippen LogP contribution is 2.28. The zero-order valence-electron chi connectivity index (χ0n) is 15.9. The van der Waals surface area contributed by atoms with Gasteiger partial charge in [-0.25, -0.2) is 17.5 Å². The summed E-state index contributed by atoms with van der Waals surface area (Å²) in [6, 6.07) is 9.13. The van der Waals surface area contributed by atoms with Crippen molar-refractivity contribution >= 4 is 21.6 Å². The standard InChI is InChI=1S/C19H23FN2O5S/c1-4-27-18-10-9-14(28(24,25)22-13(2)12-26-3)11-17(18)21-19(23)15-7-5-6-8-16(15)20/h5-11,13,22H,4,12H2,1-3H3,(H,21,23)/t13-/m0/s1. The molecule has 0 radical (unpaired) electrons. The molecule has 0 saturated carbocycles. The van der Waals surface area contributed by atoms with Gasteiger partial charge in [-0.05, 0) is 44.2 Å². The normalized spacial score (nSPS) is 12.4. The Balaban J connectivity index is 2.35. The van der Waals surface area contributed by atoms with Crippen LogP contribution in [0.15, 0.2) is 47.4 Å². The molecule has 0 fully saturated rings. The molecule has 7 nitrogen and oxygen atoms in total. The van der Waals surface area contributed by atoms with E-state index in [-0.39, 0.29) is 28.5 Å². The van der Waals surface area contributed by atoms with Crippen molar-refractivity contribution in [3.63, 3.8) is 0 Å². The highest BCUT2D eigenvalue weighted by Gasteiger charge is 2.21. The van der Waals surface area contributed by atoms with Crippen molar-refractivity contribution < 1.29 is 27.1 Å². The van der Waals surface area contributed by atoms with Crippen LogP contribution in [0.5, 0.6) is 5.75 Å². The van der Waals surface area contributed by atoms with E-state index in [1.54, 1.807) is 13.8 Å². The summed E-state index contributed by atoms with van der Waals surface area (Å²) in [6.45, 7) is 3.92. The predicted octanol–water partition coefficient (Wildman–Crippen LogP) is 2.79. The molecule has 2 aromatic carbocycles. The molecule has 0 aliphatic carbocycles. The molecule has 0 aliphatic heterocycles. The number of rotatable bonds is 9. The van der Waals surface area contributed by atoms with E-state index in [1.807, 2.05) is 0 Å². The van der Waals surface area contributed by atoms with Crippen molar-refractivity contribution in [2.75, 3.05) is 25.6 Å². The zero-order chi connectivity index (χ0) is 20.7. The van der Waals surface area contributed by atoms with Crippen LogP contribution in [0.25, 0.3) is 0 Å². The van der Waals surface area contributed by atoms with E-state index in [2.05, 4.69) is 10.0 Å². The fourth-order valence-electron chi connectivity index (χ4n) is 2.51. The van der Waals surface area contributed by atoms with Gasteiger partial charge in [0.2, 0.25) is 10.0 Å². The molecule has 0 heterocycles. The maximum Gasteiger partial charge on any atom is 0.258 e. The summed E-state index contributed by atoms with van der Waals surface area (Å²) in [4.78, 5) is 12.4. The molecule has 0 bridgehead atoms. The van der Waals surface area contributed by atoms with Crippen LogP contribution in [-0.2, 0) is 14.8 Å². The number of amides is 1. The zero-order valence-corrected chi connectivity index (χ0v) is 16.7. The van der Waals surface area contributed by atoms with E-state index in [0.717, 1.165) is 0 Å². The molecular formula is C19H23FN2O5S. The summed E-state index contributed by atoms with van der Waals surface area (Å²) in [5.74, 6) is -1.12. The molecule has 1 amide bonds. The molecule has 28 heavy (non-hydrogen) atoms. The SMILES string of the molecule is CCOc1ccc(S(=O)(=O)N[C@@H](C)COC)cc1NC(=O)c1ccccc1F. The van der Waals surface area contributed by atoms with Gasteiger partial charge in [0, 0.05) is 13.2 Å². The van der Waals surface area contributed by atoms with E-state index in [0.29, 0.717) is 6.61 Å². The Morgan fingerprint density at radius 2 is 1.93 bits per heavy atom. The number of nitrogens with one attached hydrogen (secondary N) is 2. The fraction of sp³-hybridized carbons (Fsp3) is 0.316. The summed E-state index contributed by atoms with van der Waals surface area (Å²) >= 11 is 0. The molecule has 1 atom stereocenters. The number of methoxy groups -OCH3 is 1. The van der Waals surface area contributed by atoms with Crippen molar-refractivity contribution in [1.29, 1.82) is 0 Å². The van der Waals surface area contributed by atoms with Gasteiger partial charge >= 0.3 is 0 Å². The minimum Gasteiger partial charge on any atom is -0.492 e. The lowest BCUT2D eigenvalue weighted by Crippen LogP contribution is -2.35. The van der Waals surface area contributed by atoms with Gasteiger partial charge in [-0.2, -0.15) is 0 Å². The van der Waals surface area contributed by atoms with Crippen molar-refractivity contribution in [3.05, 3.63) is 53.8 Å². The fourth-order valence-corrected chi connectivity index (χ4v) is 3.76. The first-order valence-corrected chi connectivity index (χ1v) is 10.1. The minimum absolute atomic E-state index is 0.0669. The molecule has 152 valence electrons. The molecule has 0 aliphatic rings. The number of halogens is 1. The first-order valence-electron chi connectivity index (χ1n) is 8.62. The van der Waals surface area contributed by atoms with Crippen LogP contribution in [0.3, 0.4) is 0 Å². The van der Waals surface area contributed by atoms with Gasteiger partial charge in [0.15, 0.2) is 0 Å². The Morgan fingerprint density at radius 1 is 1.21 bits per heavy atom. The molecule has 2 N–H and O–H groups in total. The van der Waals surface area contributed by atoms with Crippen molar-refractivity contribution in [3.8, 4) is 5.75 Å². The van der Waals surface area contributed by atoms with Crippen LogP contribution < -0.4 is 14.8 Å². The topological polar surface area (TPSA) is 93.7 Å². The van der Waals surface area contributed by atoms with Gasteiger partial charge in [0.1, 0.15) is 11.6 Å². The lowest BCUT2D eigenvalue weighted by atomic mass is 10.2. The largest absolute Gasteiger partial charge is 0.492 e. The van der Waals surface area contributed by atoms with Gasteiger partial charge in [0.05, 0.1) is 29.4 Å². The second-order valence-electron chi connectivity index (χ2n) is 6.00. The number of carbonyl (C=O) groups excluding carboxylic acids is 1. The third-order valence-electron chi connectivity index (χ3n) is 3.70. The Kier molecular flexibility index (Phi) is 7.50. The van der Waals surface area contributed by atoms with E-state index >= 15 is 0 Å². The predicted molar refractivity (Wildman–Crippen MR) is 104 cm³/mol. The second kappa shape index (κ2) is 9.63. The molecule has 9 heteroatoms. The van der Waals surface area contributed by atoms with Crippen LogP contribution >= 0.6 is 0 Å². The third-order valence-corrected chi connectivity index (χ3v) is 5.29. The maximum absolute atomic E-state index is 13.9. The number of anilines is 1. The molecule has 0 spiro atoms. The summed E-state index contributed by atoms with van der Waals surface area (Å²) in [5, 5.41) is 2.52. The Labute approximate surface area is 163 Å². The number of carbonyl (C=O) groups is 1. The third kappa shape index (κ3) is 5.51. The maximum atomic E-state index is 13.9. The highest BCUT2D eigenvalue weighted by molar-refractivity contribution is 7.89. The lowest BCUT2D eigenvalue weighted by molar-refractivity contribution is 0.102. The van der Waals surface area contributed by atoms with Gasteiger partial charge in [-0.3, -0.25) is 4.79 Å². The van der Waals surface area contributed by atoms with Crippen molar-refractivity contribution in [2.24, 2.45) is 0 Å². The first kappa shape index (κ1) is 21.8. The van der Waals surface area contributed by atoms with Crippen LogP contribution in [0.1, 0.15) is 24.2 Å². The van der Waals surface area contributed by atoms with E-state index < -0.39 is 27.8 Å². The smallest absolute Gasteiger partial charge is 0.258 e. The quantitative estimate of drug-likeness (QED) is 0.663. The first-order chi connectivity index (χ1) is 13.3. The molecule has 0 saturated heterocycles. The summed E-state index contributed by atoms with van der Waals surface area (Å²) in [5.41, 5.74) is -0.0394.